The summed E-state index contributed by atoms with van der Waals surface area (Å²) in [6.45, 7) is 3.34. The standard InChI is InChI=1S/C14H16N2O4/c1-14(2,13(19)20-3)8-16-12(18)10-7-5-4-6-9(10)11(17)15-16/h4-7H,8H2,1-3H3,(H,15,17). The molecule has 0 aliphatic carbocycles. The molecule has 1 N–H and O–H groups in total. The molecule has 0 saturated carbocycles. The van der Waals surface area contributed by atoms with Crippen LogP contribution in [0.15, 0.2) is 33.9 Å². The van der Waals surface area contributed by atoms with Gasteiger partial charge in [-0.2, -0.15) is 0 Å². The Morgan fingerprint density at radius 3 is 2.45 bits per heavy atom. The third-order valence-corrected chi connectivity index (χ3v) is 3.18. The van der Waals surface area contributed by atoms with Crippen molar-refractivity contribution in [2.45, 2.75) is 20.4 Å². The fourth-order valence-electron chi connectivity index (χ4n) is 2.09. The highest BCUT2D eigenvalue weighted by Gasteiger charge is 2.30. The summed E-state index contributed by atoms with van der Waals surface area (Å²) < 4.78 is 5.85. The summed E-state index contributed by atoms with van der Waals surface area (Å²) >= 11 is 0. The zero-order chi connectivity index (χ0) is 14.9. The summed E-state index contributed by atoms with van der Waals surface area (Å²) in [7, 11) is 1.29. The number of nitrogens with one attached hydrogen (secondary N) is 1. The zero-order valence-electron chi connectivity index (χ0n) is 11.6. The Labute approximate surface area is 115 Å². The number of ether oxygens (including phenoxy) is 1. The van der Waals surface area contributed by atoms with Crippen molar-refractivity contribution in [3.8, 4) is 0 Å². The number of esters is 1. The van der Waals surface area contributed by atoms with Crippen LogP contribution in [0.5, 0.6) is 0 Å². The number of hydrogen-bond donors (Lipinski definition) is 1. The number of H-pyrrole nitrogens is 1. The number of methoxy groups -OCH3 is 1. The molecule has 0 aliphatic rings. The molecule has 1 heterocycles. The SMILES string of the molecule is COC(=O)C(C)(C)Cn1[nH]c(=O)c2ccccc2c1=O. The molecule has 0 bridgehead atoms. The van der Waals surface area contributed by atoms with E-state index in [4.69, 9.17) is 4.74 Å². The Balaban J connectivity index is 2.57. The molecule has 2 aromatic rings. The summed E-state index contributed by atoms with van der Waals surface area (Å²) in [4.78, 5) is 35.9. The third-order valence-electron chi connectivity index (χ3n) is 3.18. The smallest absolute Gasteiger partial charge is 0.313 e. The summed E-state index contributed by atoms with van der Waals surface area (Å²) in [6.07, 6.45) is 0. The van der Waals surface area contributed by atoms with Gasteiger partial charge in [0.05, 0.1) is 29.8 Å². The maximum Gasteiger partial charge on any atom is 0.313 e. The van der Waals surface area contributed by atoms with Gasteiger partial charge >= 0.3 is 5.97 Å². The van der Waals surface area contributed by atoms with Crippen LogP contribution < -0.4 is 11.1 Å². The number of rotatable bonds is 3. The van der Waals surface area contributed by atoms with Crippen LogP contribution in [0, 0.1) is 5.41 Å². The summed E-state index contributed by atoms with van der Waals surface area (Å²) in [5, 5.41) is 3.16. The number of carbonyl (C=O) groups is 1. The Bertz CT molecular complexity index is 771. The lowest BCUT2D eigenvalue weighted by molar-refractivity contribution is -0.151. The minimum Gasteiger partial charge on any atom is -0.469 e. The van der Waals surface area contributed by atoms with Crippen molar-refractivity contribution in [2.24, 2.45) is 5.41 Å². The number of nitrogens with zero attached hydrogens (tertiary/aromatic N) is 1. The average molecular weight is 276 g/mol. The van der Waals surface area contributed by atoms with E-state index in [1.807, 2.05) is 0 Å². The first-order valence-corrected chi connectivity index (χ1v) is 6.17. The molecule has 0 fully saturated rings. The average Bonchev–Trinajstić information content (AvgIpc) is 2.43. The molecule has 6 heteroatoms. The highest BCUT2D eigenvalue weighted by molar-refractivity contribution is 5.80. The van der Waals surface area contributed by atoms with E-state index in [1.165, 1.54) is 7.11 Å². The quantitative estimate of drug-likeness (QED) is 0.844. The minimum atomic E-state index is -0.913. The molecule has 0 saturated heterocycles. The summed E-state index contributed by atoms with van der Waals surface area (Å²) in [6, 6.07) is 6.57. The molecule has 6 nitrogen and oxygen atoms in total. The van der Waals surface area contributed by atoms with Gasteiger partial charge in [0.2, 0.25) is 0 Å². The van der Waals surface area contributed by atoms with E-state index in [0.717, 1.165) is 4.68 Å². The fraction of sp³-hybridized carbons (Fsp3) is 0.357. The molecule has 1 aromatic heterocycles. The van der Waals surface area contributed by atoms with Gasteiger partial charge in [0, 0.05) is 0 Å². The van der Waals surface area contributed by atoms with Gasteiger partial charge in [0.1, 0.15) is 0 Å². The largest absolute Gasteiger partial charge is 0.469 e. The van der Waals surface area contributed by atoms with Gasteiger partial charge in [-0.3, -0.25) is 19.5 Å². The molecule has 0 radical (unpaired) electrons. The van der Waals surface area contributed by atoms with Gasteiger partial charge in [0.15, 0.2) is 0 Å². The Hall–Kier alpha value is -2.37. The molecule has 0 unspecified atom stereocenters. The van der Waals surface area contributed by atoms with Crippen LogP contribution in [-0.2, 0) is 16.1 Å². The van der Waals surface area contributed by atoms with Crippen LogP contribution >= 0.6 is 0 Å². The zero-order valence-corrected chi connectivity index (χ0v) is 11.6. The van der Waals surface area contributed by atoms with Crippen molar-refractivity contribution in [3.05, 3.63) is 45.0 Å². The van der Waals surface area contributed by atoms with E-state index < -0.39 is 11.4 Å². The molecular formula is C14H16N2O4. The number of fused-ring (bicyclic) bond motifs is 1. The van der Waals surface area contributed by atoms with Gasteiger partial charge in [-0.1, -0.05) is 12.1 Å². The molecule has 0 spiro atoms. The van der Waals surface area contributed by atoms with Crippen molar-refractivity contribution < 1.29 is 9.53 Å². The van der Waals surface area contributed by atoms with Gasteiger partial charge in [-0.25, -0.2) is 4.68 Å². The monoisotopic (exact) mass is 276 g/mol. The molecule has 0 amide bonds. The van der Waals surface area contributed by atoms with Gasteiger partial charge in [0.25, 0.3) is 11.1 Å². The minimum absolute atomic E-state index is 0.0403. The second-order valence-electron chi connectivity index (χ2n) is 5.25. The lowest BCUT2D eigenvalue weighted by Gasteiger charge is -2.22. The van der Waals surface area contributed by atoms with Gasteiger partial charge < -0.3 is 4.74 Å². The number of carbonyl (C=O) groups excluding carboxylic acids is 1. The first-order valence-electron chi connectivity index (χ1n) is 6.17. The van der Waals surface area contributed by atoms with E-state index in [2.05, 4.69) is 5.10 Å². The highest BCUT2D eigenvalue weighted by atomic mass is 16.5. The van der Waals surface area contributed by atoms with Crippen molar-refractivity contribution in [1.29, 1.82) is 0 Å². The Morgan fingerprint density at radius 2 is 1.85 bits per heavy atom. The van der Waals surface area contributed by atoms with Gasteiger partial charge in [-0.15, -0.1) is 0 Å². The van der Waals surface area contributed by atoms with E-state index in [1.54, 1.807) is 38.1 Å². The summed E-state index contributed by atoms with van der Waals surface area (Å²) in [5.74, 6) is -0.446. The Morgan fingerprint density at radius 1 is 1.25 bits per heavy atom. The van der Waals surface area contributed by atoms with Crippen LogP contribution in [0.3, 0.4) is 0 Å². The summed E-state index contributed by atoms with van der Waals surface area (Å²) in [5.41, 5.74) is -1.61. The lowest BCUT2D eigenvalue weighted by atomic mass is 9.94. The predicted molar refractivity (Wildman–Crippen MR) is 74.6 cm³/mol. The maximum absolute atomic E-state index is 12.3. The first kappa shape index (κ1) is 14.0. The van der Waals surface area contributed by atoms with Crippen LogP contribution in [-0.4, -0.2) is 22.9 Å². The molecule has 0 aliphatic heterocycles. The van der Waals surface area contributed by atoms with Crippen molar-refractivity contribution in [2.75, 3.05) is 7.11 Å². The van der Waals surface area contributed by atoms with E-state index in [0.29, 0.717) is 10.8 Å². The number of aromatic amines is 1. The second kappa shape index (κ2) is 4.96. The van der Waals surface area contributed by atoms with E-state index >= 15 is 0 Å². The van der Waals surface area contributed by atoms with Crippen LogP contribution in [0.2, 0.25) is 0 Å². The molecule has 20 heavy (non-hydrogen) atoms. The highest BCUT2D eigenvalue weighted by Crippen LogP contribution is 2.18. The normalized spacial score (nSPS) is 11.6. The Kier molecular flexibility index (Phi) is 3.48. The number of hydrogen-bond acceptors (Lipinski definition) is 4. The van der Waals surface area contributed by atoms with Crippen LogP contribution in [0.1, 0.15) is 13.8 Å². The predicted octanol–water partition coefficient (Wildman–Crippen LogP) is 0.889. The van der Waals surface area contributed by atoms with E-state index in [9.17, 15) is 14.4 Å². The first-order chi connectivity index (χ1) is 9.36. The molecular weight excluding hydrogens is 260 g/mol. The van der Waals surface area contributed by atoms with Crippen LogP contribution in [0.4, 0.5) is 0 Å². The second-order valence-corrected chi connectivity index (χ2v) is 5.25. The molecule has 2 rings (SSSR count). The van der Waals surface area contributed by atoms with Crippen molar-refractivity contribution in [1.82, 2.24) is 9.78 Å². The van der Waals surface area contributed by atoms with Crippen molar-refractivity contribution >= 4 is 16.7 Å². The maximum atomic E-state index is 12.3. The topological polar surface area (TPSA) is 81.2 Å². The number of aromatic nitrogens is 2. The van der Waals surface area contributed by atoms with Crippen LogP contribution in [0.25, 0.3) is 10.8 Å². The fourth-order valence-corrected chi connectivity index (χ4v) is 2.09. The lowest BCUT2D eigenvalue weighted by Crippen LogP contribution is -2.38. The third kappa shape index (κ3) is 2.36. The van der Waals surface area contributed by atoms with Crippen molar-refractivity contribution in [3.63, 3.8) is 0 Å². The molecule has 1 aromatic carbocycles. The van der Waals surface area contributed by atoms with E-state index in [-0.39, 0.29) is 17.7 Å². The molecule has 0 atom stereocenters. The molecule has 106 valence electrons. The van der Waals surface area contributed by atoms with Gasteiger partial charge in [-0.05, 0) is 26.0 Å². The number of benzene rings is 1.